The molecule has 0 aliphatic heterocycles. The highest BCUT2D eigenvalue weighted by Crippen LogP contribution is 2.18. The molecule has 0 atom stereocenters. The molecule has 0 fully saturated rings. The molecule has 114 valence electrons. The van der Waals surface area contributed by atoms with Crippen molar-refractivity contribution in [2.75, 3.05) is 12.4 Å². The van der Waals surface area contributed by atoms with Crippen molar-refractivity contribution in [1.82, 2.24) is 14.9 Å². The molecule has 21 heavy (non-hydrogen) atoms. The monoisotopic (exact) mass is 307 g/mol. The van der Waals surface area contributed by atoms with Gasteiger partial charge in [0.2, 0.25) is 5.91 Å². The fraction of sp³-hybridized carbons (Fsp3) is 0.500. The van der Waals surface area contributed by atoms with Gasteiger partial charge in [-0.05, 0) is 30.5 Å². The smallest absolute Gasteiger partial charge is 0.240 e. The van der Waals surface area contributed by atoms with E-state index < -0.39 is 0 Å². The van der Waals surface area contributed by atoms with E-state index in [9.17, 15) is 4.79 Å². The summed E-state index contributed by atoms with van der Waals surface area (Å²) in [4.78, 5) is 16.7. The zero-order valence-electron chi connectivity index (χ0n) is 12.8. The Labute approximate surface area is 130 Å². The number of halogens is 1. The molecule has 1 amide bonds. The summed E-state index contributed by atoms with van der Waals surface area (Å²) in [5.41, 5.74) is 3.07. The number of amides is 1. The van der Waals surface area contributed by atoms with E-state index in [1.165, 1.54) is 0 Å². The summed E-state index contributed by atoms with van der Waals surface area (Å²) < 4.78 is 1.97. The van der Waals surface area contributed by atoms with Crippen LogP contribution in [0.15, 0.2) is 18.2 Å². The van der Waals surface area contributed by atoms with Crippen LogP contribution in [0, 0.1) is 12.8 Å². The van der Waals surface area contributed by atoms with Crippen LogP contribution >= 0.6 is 11.6 Å². The molecule has 1 aromatic heterocycles. The second kappa shape index (κ2) is 6.94. The maximum absolute atomic E-state index is 12.1. The number of imidazole rings is 1. The molecule has 1 N–H and O–H groups in total. The van der Waals surface area contributed by atoms with Gasteiger partial charge in [-0.1, -0.05) is 19.9 Å². The van der Waals surface area contributed by atoms with Crippen LogP contribution in [0.5, 0.6) is 0 Å². The average molecular weight is 308 g/mol. The SMILES string of the molecule is Cc1ccc2c(c1)nc(CCCl)n2CC(=O)NCC(C)C. The molecule has 0 saturated carbocycles. The Morgan fingerprint density at radius 3 is 2.86 bits per heavy atom. The van der Waals surface area contributed by atoms with Crippen molar-refractivity contribution < 1.29 is 4.79 Å². The lowest BCUT2D eigenvalue weighted by Gasteiger charge is -2.11. The lowest BCUT2D eigenvalue weighted by Crippen LogP contribution is -2.31. The molecule has 0 spiro atoms. The highest BCUT2D eigenvalue weighted by atomic mass is 35.5. The van der Waals surface area contributed by atoms with Gasteiger partial charge in [-0.2, -0.15) is 0 Å². The van der Waals surface area contributed by atoms with Crippen LogP contribution < -0.4 is 5.32 Å². The van der Waals surface area contributed by atoms with E-state index in [2.05, 4.69) is 24.1 Å². The van der Waals surface area contributed by atoms with Gasteiger partial charge in [-0.15, -0.1) is 11.6 Å². The molecule has 0 aliphatic carbocycles. The first kappa shape index (κ1) is 15.8. The fourth-order valence-electron chi connectivity index (χ4n) is 2.26. The number of nitrogens with one attached hydrogen (secondary N) is 1. The Hall–Kier alpha value is -1.55. The van der Waals surface area contributed by atoms with E-state index >= 15 is 0 Å². The van der Waals surface area contributed by atoms with Crippen LogP contribution in [-0.2, 0) is 17.8 Å². The molecular weight excluding hydrogens is 286 g/mol. The summed E-state index contributed by atoms with van der Waals surface area (Å²) in [6, 6.07) is 6.09. The minimum atomic E-state index is 0.0133. The summed E-state index contributed by atoms with van der Waals surface area (Å²) in [6.45, 7) is 7.17. The van der Waals surface area contributed by atoms with Crippen LogP contribution in [0.4, 0.5) is 0 Å². The molecule has 5 heteroatoms. The second-order valence-corrected chi connectivity index (χ2v) is 6.12. The van der Waals surface area contributed by atoms with Crippen molar-refractivity contribution in [1.29, 1.82) is 0 Å². The molecule has 0 bridgehead atoms. The highest BCUT2D eigenvalue weighted by molar-refractivity contribution is 6.17. The first-order chi connectivity index (χ1) is 10.0. The molecule has 2 aromatic rings. The van der Waals surface area contributed by atoms with Crippen molar-refractivity contribution in [3.63, 3.8) is 0 Å². The van der Waals surface area contributed by atoms with E-state index in [-0.39, 0.29) is 5.91 Å². The molecule has 0 aliphatic rings. The topological polar surface area (TPSA) is 46.9 Å². The average Bonchev–Trinajstić information content (AvgIpc) is 2.74. The number of hydrogen-bond acceptors (Lipinski definition) is 2. The third kappa shape index (κ3) is 3.97. The van der Waals surface area contributed by atoms with Gasteiger partial charge in [0.15, 0.2) is 0 Å². The van der Waals surface area contributed by atoms with E-state index in [0.29, 0.717) is 31.3 Å². The largest absolute Gasteiger partial charge is 0.354 e. The van der Waals surface area contributed by atoms with Crippen molar-refractivity contribution in [3.8, 4) is 0 Å². The maximum Gasteiger partial charge on any atom is 0.240 e. The summed E-state index contributed by atoms with van der Waals surface area (Å²) in [6.07, 6.45) is 0.659. The predicted molar refractivity (Wildman–Crippen MR) is 86.7 cm³/mol. The molecule has 1 aromatic carbocycles. The Bertz CT molecular complexity index is 634. The molecule has 0 radical (unpaired) electrons. The van der Waals surface area contributed by atoms with Crippen LogP contribution in [-0.4, -0.2) is 27.9 Å². The highest BCUT2D eigenvalue weighted by Gasteiger charge is 2.13. The number of fused-ring (bicyclic) bond motifs is 1. The number of carbonyl (C=O) groups excluding carboxylic acids is 1. The first-order valence-corrected chi connectivity index (χ1v) is 7.83. The number of benzene rings is 1. The summed E-state index contributed by atoms with van der Waals surface area (Å²) >= 11 is 5.85. The van der Waals surface area contributed by atoms with Gasteiger partial charge in [0, 0.05) is 18.8 Å². The third-order valence-corrected chi connectivity index (χ3v) is 3.50. The number of aromatic nitrogens is 2. The molecule has 0 saturated heterocycles. The lowest BCUT2D eigenvalue weighted by atomic mass is 10.2. The van der Waals surface area contributed by atoms with Gasteiger partial charge in [-0.3, -0.25) is 4.79 Å². The Balaban J connectivity index is 2.27. The quantitative estimate of drug-likeness (QED) is 0.834. The van der Waals surface area contributed by atoms with E-state index in [4.69, 9.17) is 11.6 Å². The third-order valence-electron chi connectivity index (χ3n) is 3.31. The van der Waals surface area contributed by atoms with E-state index in [0.717, 1.165) is 22.4 Å². The van der Waals surface area contributed by atoms with E-state index in [1.807, 2.05) is 29.7 Å². The Morgan fingerprint density at radius 1 is 1.43 bits per heavy atom. The molecule has 2 rings (SSSR count). The number of carbonyl (C=O) groups is 1. The molecule has 4 nitrogen and oxygen atoms in total. The lowest BCUT2D eigenvalue weighted by molar-refractivity contribution is -0.121. The fourth-order valence-corrected chi connectivity index (χ4v) is 2.43. The summed E-state index contributed by atoms with van der Waals surface area (Å²) in [7, 11) is 0. The number of hydrogen-bond donors (Lipinski definition) is 1. The van der Waals surface area contributed by atoms with Crippen LogP contribution in [0.1, 0.15) is 25.2 Å². The Morgan fingerprint density at radius 2 is 2.19 bits per heavy atom. The maximum atomic E-state index is 12.1. The van der Waals surface area contributed by atoms with Gasteiger partial charge >= 0.3 is 0 Å². The zero-order chi connectivity index (χ0) is 15.4. The first-order valence-electron chi connectivity index (χ1n) is 7.29. The standard InChI is InChI=1S/C16H22ClN3O/c1-11(2)9-18-16(21)10-20-14-5-4-12(3)8-13(14)19-15(20)6-7-17/h4-5,8,11H,6-7,9-10H2,1-3H3,(H,18,21). The minimum absolute atomic E-state index is 0.0133. The van der Waals surface area contributed by atoms with Crippen molar-refractivity contribution >= 4 is 28.5 Å². The summed E-state index contributed by atoms with van der Waals surface area (Å²) in [5, 5.41) is 2.95. The Kier molecular flexibility index (Phi) is 5.23. The minimum Gasteiger partial charge on any atom is -0.354 e. The normalized spacial score (nSPS) is 11.3. The zero-order valence-corrected chi connectivity index (χ0v) is 13.6. The second-order valence-electron chi connectivity index (χ2n) is 5.74. The van der Waals surface area contributed by atoms with E-state index in [1.54, 1.807) is 0 Å². The van der Waals surface area contributed by atoms with Crippen LogP contribution in [0.3, 0.4) is 0 Å². The number of rotatable bonds is 6. The van der Waals surface area contributed by atoms with Gasteiger partial charge < -0.3 is 9.88 Å². The van der Waals surface area contributed by atoms with Crippen molar-refractivity contribution in [3.05, 3.63) is 29.6 Å². The summed E-state index contributed by atoms with van der Waals surface area (Å²) in [5.74, 6) is 1.82. The predicted octanol–water partition coefficient (Wildman–Crippen LogP) is 2.90. The molecular formula is C16H22ClN3O. The number of aryl methyl sites for hydroxylation is 2. The van der Waals surface area contributed by atoms with Crippen LogP contribution in [0.2, 0.25) is 0 Å². The number of nitrogens with zero attached hydrogens (tertiary/aromatic N) is 2. The molecule has 0 unspecified atom stereocenters. The van der Waals surface area contributed by atoms with Crippen LogP contribution in [0.25, 0.3) is 11.0 Å². The van der Waals surface area contributed by atoms with Gasteiger partial charge in [0.25, 0.3) is 0 Å². The molecule has 1 heterocycles. The van der Waals surface area contributed by atoms with Gasteiger partial charge in [0.05, 0.1) is 11.0 Å². The van der Waals surface area contributed by atoms with Crippen molar-refractivity contribution in [2.24, 2.45) is 5.92 Å². The number of alkyl halides is 1. The van der Waals surface area contributed by atoms with Crippen molar-refractivity contribution in [2.45, 2.75) is 33.7 Å². The van der Waals surface area contributed by atoms with Gasteiger partial charge in [0.1, 0.15) is 12.4 Å². The van der Waals surface area contributed by atoms with Gasteiger partial charge in [-0.25, -0.2) is 4.98 Å².